The van der Waals surface area contributed by atoms with E-state index in [1.54, 1.807) is 6.07 Å². The lowest BCUT2D eigenvalue weighted by atomic mass is 10.2. The minimum Gasteiger partial charge on any atom is -0.373 e. The molecule has 18 heavy (non-hydrogen) atoms. The summed E-state index contributed by atoms with van der Waals surface area (Å²) in [4.78, 5) is 8.15. The van der Waals surface area contributed by atoms with Gasteiger partial charge in [0.05, 0.1) is 0 Å². The van der Waals surface area contributed by atoms with Gasteiger partial charge in [0.2, 0.25) is 0 Å². The molecule has 1 aromatic carbocycles. The summed E-state index contributed by atoms with van der Waals surface area (Å²) in [6.45, 7) is 0.580. The quantitative estimate of drug-likeness (QED) is 0.902. The van der Waals surface area contributed by atoms with Gasteiger partial charge < -0.3 is 10.6 Å². The molecule has 2 N–H and O–H groups in total. The Bertz CT molecular complexity index is 545. The maximum absolute atomic E-state index is 6.08. The molecule has 0 aliphatic carbocycles. The Labute approximate surface area is 115 Å². The number of benzene rings is 1. The Morgan fingerprint density at radius 1 is 1.11 bits per heavy atom. The third-order valence-electron chi connectivity index (χ3n) is 2.40. The number of nitrogens with zero attached hydrogens (tertiary/aromatic N) is 2. The number of aromatic nitrogens is 2. The Balaban J connectivity index is 2.06. The second kappa shape index (κ2) is 5.89. The first-order valence-corrected chi connectivity index (χ1v) is 6.12. The largest absolute Gasteiger partial charge is 0.373 e. The van der Waals surface area contributed by atoms with Crippen LogP contribution in [0.3, 0.4) is 0 Å². The Morgan fingerprint density at radius 2 is 1.89 bits per heavy atom. The summed E-state index contributed by atoms with van der Waals surface area (Å²) >= 11 is 11.9. The first-order chi connectivity index (χ1) is 8.69. The fourth-order valence-corrected chi connectivity index (χ4v) is 1.92. The predicted molar refractivity (Wildman–Crippen MR) is 75.4 cm³/mol. The van der Waals surface area contributed by atoms with Gasteiger partial charge in [-0.05, 0) is 17.7 Å². The summed E-state index contributed by atoms with van der Waals surface area (Å²) in [5, 5.41) is 7.39. The monoisotopic (exact) mass is 282 g/mol. The molecule has 0 aliphatic rings. The molecular weight excluding hydrogens is 271 g/mol. The van der Waals surface area contributed by atoms with Gasteiger partial charge in [-0.15, -0.1) is 0 Å². The molecule has 4 nitrogen and oxygen atoms in total. The van der Waals surface area contributed by atoms with Crippen LogP contribution < -0.4 is 10.6 Å². The van der Waals surface area contributed by atoms with Gasteiger partial charge in [-0.1, -0.05) is 29.3 Å². The van der Waals surface area contributed by atoms with Crippen LogP contribution in [0.2, 0.25) is 10.0 Å². The first kappa shape index (κ1) is 12.9. The summed E-state index contributed by atoms with van der Waals surface area (Å²) in [5.74, 6) is 1.50. The topological polar surface area (TPSA) is 49.8 Å². The molecule has 6 heteroatoms. The van der Waals surface area contributed by atoms with E-state index in [2.05, 4.69) is 20.6 Å². The molecule has 1 heterocycles. The van der Waals surface area contributed by atoms with E-state index in [9.17, 15) is 0 Å². The molecule has 0 atom stereocenters. The number of hydrogen-bond donors (Lipinski definition) is 2. The molecule has 0 saturated carbocycles. The number of rotatable bonds is 4. The zero-order chi connectivity index (χ0) is 13.0. The van der Waals surface area contributed by atoms with Crippen molar-refractivity contribution in [3.63, 3.8) is 0 Å². The molecule has 0 bridgehead atoms. The molecule has 0 aliphatic heterocycles. The van der Waals surface area contributed by atoms with Gasteiger partial charge >= 0.3 is 0 Å². The lowest BCUT2D eigenvalue weighted by molar-refractivity contribution is 1.08. The van der Waals surface area contributed by atoms with Crippen molar-refractivity contribution in [2.24, 2.45) is 0 Å². The molecule has 0 unspecified atom stereocenters. The highest BCUT2D eigenvalue weighted by Crippen LogP contribution is 2.21. The Hall–Kier alpha value is -1.52. The molecule has 0 saturated heterocycles. The fourth-order valence-electron chi connectivity index (χ4n) is 1.44. The molecule has 2 rings (SSSR count). The molecule has 94 valence electrons. The average molecular weight is 283 g/mol. The van der Waals surface area contributed by atoms with Gasteiger partial charge in [-0.3, -0.25) is 0 Å². The standard InChI is InChI=1S/C12H12Cl2N4/c1-15-11-5-12(18-7-17-11)16-6-8-2-3-9(13)4-10(8)14/h2-5,7H,6H2,1H3,(H2,15,16,17,18). The number of nitrogens with one attached hydrogen (secondary N) is 2. The smallest absolute Gasteiger partial charge is 0.131 e. The Morgan fingerprint density at radius 3 is 2.61 bits per heavy atom. The van der Waals surface area contributed by atoms with E-state index in [4.69, 9.17) is 23.2 Å². The van der Waals surface area contributed by atoms with Crippen LogP contribution in [0.25, 0.3) is 0 Å². The zero-order valence-electron chi connectivity index (χ0n) is 9.74. The summed E-state index contributed by atoms with van der Waals surface area (Å²) < 4.78 is 0. The van der Waals surface area contributed by atoms with Gasteiger partial charge in [0.25, 0.3) is 0 Å². The summed E-state index contributed by atoms with van der Waals surface area (Å²) in [6.07, 6.45) is 1.50. The van der Waals surface area contributed by atoms with Crippen LogP contribution in [0.5, 0.6) is 0 Å². The van der Waals surface area contributed by atoms with Gasteiger partial charge in [0, 0.05) is 29.7 Å². The summed E-state index contributed by atoms with van der Waals surface area (Å²) in [6, 6.07) is 7.24. The molecule has 0 fully saturated rings. The van der Waals surface area contributed by atoms with Crippen LogP contribution in [0, 0.1) is 0 Å². The average Bonchev–Trinajstić information content (AvgIpc) is 2.38. The predicted octanol–water partition coefficient (Wildman–Crippen LogP) is 3.44. The lowest BCUT2D eigenvalue weighted by Gasteiger charge is -2.08. The maximum atomic E-state index is 6.08. The van der Waals surface area contributed by atoms with Crippen molar-refractivity contribution in [1.82, 2.24) is 9.97 Å². The van der Waals surface area contributed by atoms with Gasteiger partial charge in [0.1, 0.15) is 18.0 Å². The minimum absolute atomic E-state index is 0.580. The SMILES string of the molecule is CNc1cc(NCc2ccc(Cl)cc2Cl)ncn1. The molecular formula is C12H12Cl2N4. The second-order valence-electron chi connectivity index (χ2n) is 3.63. The highest BCUT2D eigenvalue weighted by atomic mass is 35.5. The number of halogens is 2. The van der Waals surface area contributed by atoms with E-state index in [0.717, 1.165) is 17.2 Å². The van der Waals surface area contributed by atoms with E-state index in [0.29, 0.717) is 16.6 Å². The molecule has 0 spiro atoms. The maximum Gasteiger partial charge on any atom is 0.131 e. The van der Waals surface area contributed by atoms with Crippen LogP contribution in [0.1, 0.15) is 5.56 Å². The molecule has 1 aromatic heterocycles. The summed E-state index contributed by atoms with van der Waals surface area (Å²) in [5.41, 5.74) is 0.964. The lowest BCUT2D eigenvalue weighted by Crippen LogP contribution is -2.03. The van der Waals surface area contributed by atoms with Crippen LogP contribution >= 0.6 is 23.2 Å². The van der Waals surface area contributed by atoms with Crippen LogP contribution in [-0.4, -0.2) is 17.0 Å². The van der Waals surface area contributed by atoms with E-state index < -0.39 is 0 Å². The van der Waals surface area contributed by atoms with E-state index in [1.165, 1.54) is 6.33 Å². The zero-order valence-corrected chi connectivity index (χ0v) is 11.3. The van der Waals surface area contributed by atoms with Crippen molar-refractivity contribution in [3.05, 3.63) is 46.2 Å². The molecule has 2 aromatic rings. The third-order valence-corrected chi connectivity index (χ3v) is 2.99. The van der Waals surface area contributed by atoms with Crippen molar-refractivity contribution in [1.29, 1.82) is 0 Å². The van der Waals surface area contributed by atoms with E-state index in [-0.39, 0.29) is 0 Å². The van der Waals surface area contributed by atoms with Crippen molar-refractivity contribution in [2.75, 3.05) is 17.7 Å². The Kier molecular flexibility index (Phi) is 4.23. The van der Waals surface area contributed by atoms with Crippen molar-refractivity contribution in [2.45, 2.75) is 6.54 Å². The van der Waals surface area contributed by atoms with Crippen LogP contribution in [-0.2, 0) is 6.54 Å². The highest BCUT2D eigenvalue weighted by molar-refractivity contribution is 6.35. The van der Waals surface area contributed by atoms with Gasteiger partial charge in [-0.2, -0.15) is 0 Å². The molecule has 0 amide bonds. The van der Waals surface area contributed by atoms with Crippen molar-refractivity contribution < 1.29 is 0 Å². The number of hydrogen-bond acceptors (Lipinski definition) is 4. The first-order valence-electron chi connectivity index (χ1n) is 5.36. The van der Waals surface area contributed by atoms with Crippen molar-refractivity contribution >= 4 is 34.8 Å². The highest BCUT2D eigenvalue weighted by Gasteiger charge is 2.02. The fraction of sp³-hybridized carbons (Fsp3) is 0.167. The van der Waals surface area contributed by atoms with Crippen LogP contribution in [0.15, 0.2) is 30.6 Å². The second-order valence-corrected chi connectivity index (χ2v) is 4.47. The van der Waals surface area contributed by atoms with Crippen LogP contribution in [0.4, 0.5) is 11.6 Å². The summed E-state index contributed by atoms with van der Waals surface area (Å²) in [7, 11) is 1.81. The molecule has 0 radical (unpaired) electrons. The normalized spacial score (nSPS) is 10.2. The number of anilines is 2. The van der Waals surface area contributed by atoms with E-state index >= 15 is 0 Å². The third kappa shape index (κ3) is 3.24. The van der Waals surface area contributed by atoms with Gasteiger partial charge in [0.15, 0.2) is 0 Å². The van der Waals surface area contributed by atoms with E-state index in [1.807, 2.05) is 25.2 Å². The van der Waals surface area contributed by atoms with Gasteiger partial charge in [-0.25, -0.2) is 9.97 Å². The van der Waals surface area contributed by atoms with Crippen molar-refractivity contribution in [3.8, 4) is 0 Å². The minimum atomic E-state index is 0.580.